The summed E-state index contributed by atoms with van der Waals surface area (Å²) in [5.41, 5.74) is 2.92. The normalized spacial score (nSPS) is 14.6. The number of rotatable bonds is 2. The summed E-state index contributed by atoms with van der Waals surface area (Å²) in [6.45, 7) is 4.90. The van der Waals surface area contributed by atoms with Gasteiger partial charge in [0.05, 0.1) is 0 Å². The number of hydrogen-bond donors (Lipinski definition) is 1. The number of anilines is 2. The molecule has 1 aliphatic heterocycles. The summed E-state index contributed by atoms with van der Waals surface area (Å²) in [7, 11) is 0. The van der Waals surface area contributed by atoms with Crippen LogP contribution in [0.25, 0.3) is 0 Å². The summed E-state index contributed by atoms with van der Waals surface area (Å²) in [6.07, 6.45) is 0. The maximum Gasteiger partial charge on any atom is 0.321 e. The molecule has 0 bridgehead atoms. The van der Waals surface area contributed by atoms with E-state index in [-0.39, 0.29) is 6.03 Å². The summed E-state index contributed by atoms with van der Waals surface area (Å²) in [6, 6.07) is 13.1. The van der Waals surface area contributed by atoms with Crippen LogP contribution in [0.1, 0.15) is 5.56 Å². The third kappa shape index (κ3) is 3.94. The maximum absolute atomic E-state index is 12.3. The molecule has 6 heteroatoms. The van der Waals surface area contributed by atoms with Crippen LogP contribution in [-0.4, -0.2) is 37.1 Å². The molecule has 0 radical (unpaired) electrons. The van der Waals surface area contributed by atoms with Crippen molar-refractivity contribution < 1.29 is 4.79 Å². The van der Waals surface area contributed by atoms with E-state index in [1.807, 2.05) is 24.0 Å². The first-order chi connectivity index (χ1) is 11.5. The second-order valence-corrected chi connectivity index (χ2v) is 6.69. The van der Waals surface area contributed by atoms with Crippen molar-refractivity contribution in [2.75, 3.05) is 36.4 Å². The maximum atomic E-state index is 12.3. The molecule has 0 saturated carbocycles. The number of aryl methyl sites for hydroxylation is 1. The first kappa shape index (κ1) is 16.9. The number of benzene rings is 2. The van der Waals surface area contributed by atoms with Crippen molar-refractivity contribution in [2.24, 2.45) is 0 Å². The molecule has 0 aromatic heterocycles. The standard InChI is InChI=1S/C18H19Cl2N3O/c1-13-2-7-16(12-17(13)20)22-8-10-23(11-9-22)18(24)21-15-5-3-14(19)4-6-15/h2-7,12H,8-11H2,1H3,(H,21,24). The Labute approximate surface area is 152 Å². The Morgan fingerprint density at radius 3 is 2.29 bits per heavy atom. The molecule has 0 unspecified atom stereocenters. The van der Waals surface area contributed by atoms with Crippen molar-refractivity contribution in [3.05, 3.63) is 58.1 Å². The number of carbonyl (C=O) groups is 1. The number of piperazine rings is 1. The van der Waals surface area contributed by atoms with Gasteiger partial charge in [0.25, 0.3) is 0 Å². The third-order valence-electron chi connectivity index (χ3n) is 4.18. The SMILES string of the molecule is Cc1ccc(N2CCN(C(=O)Nc3ccc(Cl)cc3)CC2)cc1Cl. The van der Waals surface area contributed by atoms with E-state index in [0.717, 1.165) is 35.1 Å². The molecule has 1 saturated heterocycles. The average Bonchev–Trinajstić information content (AvgIpc) is 2.59. The molecule has 24 heavy (non-hydrogen) atoms. The zero-order valence-corrected chi connectivity index (χ0v) is 14.9. The first-order valence-electron chi connectivity index (χ1n) is 7.85. The van der Waals surface area contributed by atoms with E-state index < -0.39 is 0 Å². The van der Waals surface area contributed by atoms with Crippen LogP contribution in [0, 0.1) is 6.92 Å². The van der Waals surface area contributed by atoms with Crippen LogP contribution in [0.2, 0.25) is 10.0 Å². The van der Waals surface area contributed by atoms with Crippen LogP contribution >= 0.6 is 23.2 Å². The highest BCUT2D eigenvalue weighted by Gasteiger charge is 2.21. The molecular weight excluding hydrogens is 345 g/mol. The Hall–Kier alpha value is -1.91. The highest BCUT2D eigenvalue weighted by Crippen LogP contribution is 2.24. The van der Waals surface area contributed by atoms with E-state index in [2.05, 4.69) is 16.3 Å². The Balaban J connectivity index is 1.57. The Morgan fingerprint density at radius 2 is 1.67 bits per heavy atom. The van der Waals surface area contributed by atoms with E-state index in [1.54, 1.807) is 24.3 Å². The van der Waals surface area contributed by atoms with Crippen molar-refractivity contribution in [1.29, 1.82) is 0 Å². The molecule has 2 amide bonds. The van der Waals surface area contributed by atoms with Gasteiger partial charge in [-0.1, -0.05) is 29.3 Å². The lowest BCUT2D eigenvalue weighted by Gasteiger charge is -2.36. The van der Waals surface area contributed by atoms with E-state index in [1.165, 1.54) is 0 Å². The van der Waals surface area contributed by atoms with Crippen LogP contribution in [0.15, 0.2) is 42.5 Å². The molecule has 1 aliphatic rings. The molecule has 0 spiro atoms. The van der Waals surface area contributed by atoms with Crippen molar-refractivity contribution in [3.63, 3.8) is 0 Å². The molecule has 1 N–H and O–H groups in total. The highest BCUT2D eigenvalue weighted by atomic mass is 35.5. The number of amides is 2. The minimum Gasteiger partial charge on any atom is -0.368 e. The van der Waals surface area contributed by atoms with Gasteiger partial charge in [-0.3, -0.25) is 0 Å². The van der Waals surface area contributed by atoms with Gasteiger partial charge in [-0.15, -0.1) is 0 Å². The van der Waals surface area contributed by atoms with Gasteiger partial charge in [-0.05, 0) is 48.9 Å². The molecule has 1 heterocycles. The molecule has 4 nitrogen and oxygen atoms in total. The van der Waals surface area contributed by atoms with E-state index in [0.29, 0.717) is 18.1 Å². The predicted molar refractivity (Wildman–Crippen MR) is 100 cm³/mol. The van der Waals surface area contributed by atoms with Gasteiger partial charge >= 0.3 is 6.03 Å². The first-order valence-corrected chi connectivity index (χ1v) is 8.61. The molecule has 126 valence electrons. The molecule has 2 aromatic carbocycles. The van der Waals surface area contributed by atoms with Crippen molar-refractivity contribution >= 4 is 40.6 Å². The molecule has 3 rings (SSSR count). The lowest BCUT2D eigenvalue weighted by Crippen LogP contribution is -2.50. The zero-order chi connectivity index (χ0) is 17.1. The second-order valence-electron chi connectivity index (χ2n) is 5.84. The largest absolute Gasteiger partial charge is 0.368 e. The topological polar surface area (TPSA) is 35.6 Å². The van der Waals surface area contributed by atoms with Gasteiger partial charge in [0, 0.05) is 47.6 Å². The average molecular weight is 364 g/mol. The third-order valence-corrected chi connectivity index (χ3v) is 4.84. The number of hydrogen-bond acceptors (Lipinski definition) is 2. The van der Waals surface area contributed by atoms with Crippen LogP contribution in [0.3, 0.4) is 0 Å². The summed E-state index contributed by atoms with van der Waals surface area (Å²) < 4.78 is 0. The quantitative estimate of drug-likeness (QED) is 0.842. The van der Waals surface area contributed by atoms with E-state index in [9.17, 15) is 4.79 Å². The minimum absolute atomic E-state index is 0.0843. The predicted octanol–water partition coefficient (Wildman–Crippen LogP) is 4.66. The van der Waals surface area contributed by atoms with Crippen molar-refractivity contribution in [1.82, 2.24) is 4.90 Å². The summed E-state index contributed by atoms with van der Waals surface area (Å²) in [5, 5.41) is 4.32. The van der Waals surface area contributed by atoms with Gasteiger partial charge in [0.15, 0.2) is 0 Å². The van der Waals surface area contributed by atoms with E-state index in [4.69, 9.17) is 23.2 Å². The summed E-state index contributed by atoms with van der Waals surface area (Å²) >= 11 is 12.1. The van der Waals surface area contributed by atoms with Gasteiger partial charge in [-0.2, -0.15) is 0 Å². The fourth-order valence-electron chi connectivity index (χ4n) is 2.68. The molecule has 2 aromatic rings. The number of nitrogens with one attached hydrogen (secondary N) is 1. The molecule has 0 aliphatic carbocycles. The van der Waals surface area contributed by atoms with Crippen LogP contribution < -0.4 is 10.2 Å². The van der Waals surface area contributed by atoms with Gasteiger partial charge in [0.1, 0.15) is 0 Å². The Bertz CT molecular complexity index is 726. The highest BCUT2D eigenvalue weighted by molar-refractivity contribution is 6.31. The number of carbonyl (C=O) groups excluding carboxylic acids is 1. The van der Waals surface area contributed by atoms with Gasteiger partial charge in [0.2, 0.25) is 0 Å². The molecule has 0 atom stereocenters. The lowest BCUT2D eigenvalue weighted by atomic mass is 10.2. The monoisotopic (exact) mass is 363 g/mol. The minimum atomic E-state index is -0.0843. The van der Waals surface area contributed by atoms with Gasteiger partial charge < -0.3 is 15.1 Å². The molecule has 1 fully saturated rings. The number of halogens is 2. The second kappa shape index (κ2) is 7.32. The Morgan fingerprint density at radius 1 is 1.00 bits per heavy atom. The van der Waals surface area contributed by atoms with Gasteiger partial charge in [-0.25, -0.2) is 4.79 Å². The fourth-order valence-corrected chi connectivity index (χ4v) is 2.98. The fraction of sp³-hybridized carbons (Fsp3) is 0.278. The van der Waals surface area contributed by atoms with Crippen molar-refractivity contribution in [2.45, 2.75) is 6.92 Å². The smallest absolute Gasteiger partial charge is 0.321 e. The number of urea groups is 1. The van der Waals surface area contributed by atoms with E-state index >= 15 is 0 Å². The van der Waals surface area contributed by atoms with Crippen LogP contribution in [0.5, 0.6) is 0 Å². The summed E-state index contributed by atoms with van der Waals surface area (Å²) in [4.78, 5) is 16.4. The molecular formula is C18H19Cl2N3O. The van der Waals surface area contributed by atoms with Crippen molar-refractivity contribution in [3.8, 4) is 0 Å². The lowest BCUT2D eigenvalue weighted by molar-refractivity contribution is 0.208. The number of nitrogens with zero attached hydrogens (tertiary/aromatic N) is 2. The Kier molecular flexibility index (Phi) is 5.17. The van der Waals surface area contributed by atoms with Crippen LogP contribution in [0.4, 0.5) is 16.2 Å². The van der Waals surface area contributed by atoms with Crippen LogP contribution in [-0.2, 0) is 0 Å². The summed E-state index contributed by atoms with van der Waals surface area (Å²) in [5.74, 6) is 0. The zero-order valence-electron chi connectivity index (χ0n) is 13.4.